The van der Waals surface area contributed by atoms with Crippen LogP contribution in [0.5, 0.6) is 0 Å². The van der Waals surface area contributed by atoms with Gasteiger partial charge in [0, 0.05) is 0 Å². The predicted octanol–water partition coefficient (Wildman–Crippen LogP) is 4.56. The summed E-state index contributed by atoms with van der Waals surface area (Å²) < 4.78 is 0. The fraction of sp³-hybridized carbons (Fsp3) is 0.846. The van der Waals surface area contributed by atoms with Gasteiger partial charge in [-0.05, 0) is 31.6 Å². The van der Waals surface area contributed by atoms with E-state index in [0.29, 0.717) is 0 Å². The number of hydrogen-bond donors (Lipinski definition) is 0. The molecular weight excluding hydrogens is 156 g/mol. The molecule has 0 aromatic carbocycles. The first-order valence-corrected chi connectivity index (χ1v) is 5.94. The molecule has 76 valence electrons. The van der Waals surface area contributed by atoms with Crippen molar-refractivity contribution >= 4 is 0 Å². The Kier molecular flexibility index (Phi) is 5.19. The van der Waals surface area contributed by atoms with Crippen LogP contribution in [0.15, 0.2) is 12.2 Å². The van der Waals surface area contributed by atoms with Crippen LogP contribution < -0.4 is 0 Å². The lowest BCUT2D eigenvalue weighted by molar-refractivity contribution is 0.297. The van der Waals surface area contributed by atoms with Crippen molar-refractivity contribution in [2.24, 2.45) is 11.8 Å². The molecule has 1 aliphatic carbocycles. The Morgan fingerprint density at radius 2 is 1.92 bits per heavy atom. The van der Waals surface area contributed by atoms with Crippen LogP contribution in [0, 0.1) is 11.8 Å². The van der Waals surface area contributed by atoms with Crippen LogP contribution in [0.25, 0.3) is 0 Å². The third kappa shape index (κ3) is 4.50. The van der Waals surface area contributed by atoms with Gasteiger partial charge in [0.2, 0.25) is 0 Å². The van der Waals surface area contributed by atoms with Gasteiger partial charge in [-0.25, -0.2) is 0 Å². The van der Waals surface area contributed by atoms with E-state index < -0.39 is 0 Å². The third-order valence-electron chi connectivity index (χ3n) is 3.23. The lowest BCUT2D eigenvalue weighted by atomic mass is 9.82. The fourth-order valence-corrected chi connectivity index (χ4v) is 2.46. The maximum absolute atomic E-state index is 2.40. The molecule has 0 amide bonds. The van der Waals surface area contributed by atoms with Gasteiger partial charge in [-0.3, -0.25) is 0 Å². The minimum atomic E-state index is 0.902. The maximum atomic E-state index is 2.40. The van der Waals surface area contributed by atoms with Crippen molar-refractivity contribution in [1.29, 1.82) is 0 Å². The van der Waals surface area contributed by atoms with E-state index in [-0.39, 0.29) is 0 Å². The first-order valence-electron chi connectivity index (χ1n) is 5.94. The molecule has 0 N–H and O–H groups in total. The van der Waals surface area contributed by atoms with Gasteiger partial charge in [-0.15, -0.1) is 0 Å². The van der Waals surface area contributed by atoms with E-state index >= 15 is 0 Å². The van der Waals surface area contributed by atoms with E-state index in [0.717, 1.165) is 11.8 Å². The second-order valence-corrected chi connectivity index (χ2v) is 4.65. The zero-order valence-corrected chi connectivity index (χ0v) is 9.26. The van der Waals surface area contributed by atoms with Gasteiger partial charge in [0.05, 0.1) is 0 Å². The van der Waals surface area contributed by atoms with Crippen molar-refractivity contribution in [3.63, 3.8) is 0 Å². The largest absolute Gasteiger partial charge is 0.0917 e. The number of hydrogen-bond acceptors (Lipinski definition) is 0. The number of allylic oxidation sites excluding steroid dienone is 2. The van der Waals surface area contributed by atoms with Crippen LogP contribution in [0.1, 0.15) is 58.8 Å². The highest BCUT2D eigenvalue weighted by atomic mass is 14.2. The Morgan fingerprint density at radius 3 is 2.54 bits per heavy atom. The van der Waals surface area contributed by atoms with Crippen LogP contribution in [-0.2, 0) is 0 Å². The van der Waals surface area contributed by atoms with Crippen molar-refractivity contribution in [3.05, 3.63) is 12.2 Å². The predicted molar refractivity (Wildman–Crippen MR) is 59.8 cm³/mol. The Hall–Kier alpha value is -0.260. The summed E-state index contributed by atoms with van der Waals surface area (Å²) in [6.07, 6.45) is 14.7. The molecule has 0 spiro atoms. The van der Waals surface area contributed by atoms with Gasteiger partial charge >= 0.3 is 0 Å². The molecule has 0 aromatic rings. The van der Waals surface area contributed by atoms with Crippen molar-refractivity contribution in [2.75, 3.05) is 0 Å². The lowest BCUT2D eigenvalue weighted by Gasteiger charge is -2.24. The summed E-state index contributed by atoms with van der Waals surface area (Å²) in [5.74, 6) is 1.95. The average molecular weight is 180 g/mol. The summed E-state index contributed by atoms with van der Waals surface area (Å²) in [6.45, 7) is 4.52. The van der Waals surface area contributed by atoms with E-state index in [1.54, 1.807) is 0 Å². The van der Waals surface area contributed by atoms with E-state index in [1.807, 2.05) is 0 Å². The molecule has 1 rings (SSSR count). The number of rotatable bonds is 4. The molecule has 13 heavy (non-hydrogen) atoms. The Bertz CT molecular complexity index is 140. The molecule has 0 aliphatic heterocycles. The monoisotopic (exact) mass is 180 g/mol. The molecule has 0 saturated heterocycles. The summed E-state index contributed by atoms with van der Waals surface area (Å²) in [4.78, 5) is 0. The highest BCUT2D eigenvalue weighted by Gasteiger charge is 2.15. The Labute approximate surface area is 83.4 Å². The van der Waals surface area contributed by atoms with Crippen LogP contribution in [-0.4, -0.2) is 0 Å². The molecule has 0 bridgehead atoms. The standard InChI is InChI=1S/C13H24/c1-3-4-8-12(2)11-13-9-6-5-7-10-13/h3-4,12-13H,5-11H2,1-2H3/b4-3-/t12-/m1/s1. The van der Waals surface area contributed by atoms with Crippen molar-refractivity contribution in [1.82, 2.24) is 0 Å². The second kappa shape index (κ2) is 6.23. The molecule has 0 heterocycles. The van der Waals surface area contributed by atoms with Gasteiger partial charge in [0.1, 0.15) is 0 Å². The van der Waals surface area contributed by atoms with Gasteiger partial charge in [-0.1, -0.05) is 51.2 Å². The quantitative estimate of drug-likeness (QED) is 0.556. The first kappa shape index (κ1) is 10.8. The molecule has 1 saturated carbocycles. The molecule has 1 aliphatic rings. The third-order valence-corrected chi connectivity index (χ3v) is 3.23. The topological polar surface area (TPSA) is 0 Å². The summed E-state index contributed by atoms with van der Waals surface area (Å²) in [5.41, 5.74) is 0. The molecule has 0 nitrogen and oxygen atoms in total. The molecule has 1 atom stereocenters. The molecule has 0 aromatic heterocycles. The van der Waals surface area contributed by atoms with Crippen molar-refractivity contribution in [2.45, 2.75) is 58.8 Å². The zero-order valence-electron chi connectivity index (χ0n) is 9.26. The molecule has 0 unspecified atom stereocenters. The zero-order chi connectivity index (χ0) is 9.52. The van der Waals surface area contributed by atoms with Gasteiger partial charge in [-0.2, -0.15) is 0 Å². The second-order valence-electron chi connectivity index (χ2n) is 4.65. The smallest absolute Gasteiger partial charge is 0.0325 e. The van der Waals surface area contributed by atoms with Crippen molar-refractivity contribution in [3.8, 4) is 0 Å². The van der Waals surface area contributed by atoms with Crippen LogP contribution in [0.2, 0.25) is 0 Å². The average Bonchev–Trinajstić information content (AvgIpc) is 2.16. The fourth-order valence-electron chi connectivity index (χ4n) is 2.46. The highest BCUT2D eigenvalue weighted by molar-refractivity contribution is 4.80. The highest BCUT2D eigenvalue weighted by Crippen LogP contribution is 2.29. The van der Waals surface area contributed by atoms with Gasteiger partial charge in [0.25, 0.3) is 0 Å². The van der Waals surface area contributed by atoms with E-state index in [2.05, 4.69) is 26.0 Å². The SMILES string of the molecule is C/C=C\C[C@@H](C)CC1CCCCC1. The van der Waals surface area contributed by atoms with E-state index in [9.17, 15) is 0 Å². The summed E-state index contributed by atoms with van der Waals surface area (Å²) in [7, 11) is 0. The van der Waals surface area contributed by atoms with E-state index in [4.69, 9.17) is 0 Å². The molecule has 0 radical (unpaired) electrons. The van der Waals surface area contributed by atoms with Crippen molar-refractivity contribution < 1.29 is 0 Å². The Balaban J connectivity index is 2.14. The van der Waals surface area contributed by atoms with Crippen LogP contribution in [0.4, 0.5) is 0 Å². The van der Waals surface area contributed by atoms with E-state index in [1.165, 1.54) is 44.9 Å². The molecule has 1 fully saturated rings. The maximum Gasteiger partial charge on any atom is -0.0325 e. The molecule has 0 heteroatoms. The Morgan fingerprint density at radius 1 is 1.23 bits per heavy atom. The van der Waals surface area contributed by atoms with Crippen LogP contribution >= 0.6 is 0 Å². The summed E-state index contributed by atoms with van der Waals surface area (Å²) >= 11 is 0. The minimum absolute atomic E-state index is 0.902. The van der Waals surface area contributed by atoms with Crippen LogP contribution in [0.3, 0.4) is 0 Å². The van der Waals surface area contributed by atoms with Gasteiger partial charge in [0.15, 0.2) is 0 Å². The van der Waals surface area contributed by atoms with Gasteiger partial charge < -0.3 is 0 Å². The molecular formula is C13H24. The first-order chi connectivity index (χ1) is 6.33. The summed E-state index contributed by atoms with van der Waals surface area (Å²) in [5, 5.41) is 0. The normalized spacial score (nSPS) is 22.3. The minimum Gasteiger partial charge on any atom is -0.0917 e. The summed E-state index contributed by atoms with van der Waals surface area (Å²) in [6, 6.07) is 0. The lowest BCUT2D eigenvalue weighted by Crippen LogP contribution is -2.10.